The minimum atomic E-state index is 1.26. The molecule has 18 aromatic carbocycles. The lowest BCUT2D eigenvalue weighted by atomic mass is 9.96. The van der Waals surface area contributed by atoms with Crippen LogP contribution in [0.3, 0.4) is 0 Å². The normalized spacial score (nSPS) is 10.2. The van der Waals surface area contributed by atoms with Gasteiger partial charge in [-0.15, -0.1) is 0 Å². The van der Waals surface area contributed by atoms with Crippen molar-refractivity contribution in [2.45, 2.75) is 48.5 Å². The molecule has 0 saturated carbocycles. The van der Waals surface area contributed by atoms with Gasteiger partial charge < -0.3 is 0 Å². The number of hydrogen-bond acceptors (Lipinski definition) is 0. The third-order valence-electron chi connectivity index (χ3n) is 19.9. The van der Waals surface area contributed by atoms with E-state index in [1.54, 1.807) is 0 Å². The van der Waals surface area contributed by atoms with Gasteiger partial charge >= 0.3 is 0 Å². The predicted octanol–water partition coefficient (Wildman–Crippen LogP) is 32.3. The summed E-state index contributed by atoms with van der Waals surface area (Å²) in [7, 11) is 0. The van der Waals surface area contributed by atoms with Gasteiger partial charge in [-0.3, -0.25) is 0 Å². The number of aryl methyl sites for hydroxylation is 7. The Morgan fingerprint density at radius 2 is 0.296 bits per heavy atom. The van der Waals surface area contributed by atoms with Crippen LogP contribution < -0.4 is 0 Å². The predicted molar refractivity (Wildman–Crippen MR) is 498 cm³/mol. The molecular formula is C115H100. The zero-order chi connectivity index (χ0) is 79.6. The Balaban J connectivity index is 0.000000125. The van der Waals surface area contributed by atoms with Gasteiger partial charge in [0.15, 0.2) is 0 Å². The smallest absolute Gasteiger partial charge is 0.0154 e. The van der Waals surface area contributed by atoms with E-state index in [0.717, 1.165) is 0 Å². The summed E-state index contributed by atoms with van der Waals surface area (Å²) in [5, 5.41) is 0. The Bertz CT molecular complexity index is 5790. The summed E-state index contributed by atoms with van der Waals surface area (Å²) < 4.78 is 0. The fraction of sp³-hybridized carbons (Fsp3) is 0.0609. The highest BCUT2D eigenvalue weighted by Crippen LogP contribution is 2.33. The van der Waals surface area contributed by atoms with Gasteiger partial charge in [0.2, 0.25) is 0 Å². The van der Waals surface area contributed by atoms with Crippen LogP contribution in [-0.2, 0) is 0 Å². The third kappa shape index (κ3) is 24.5. The average Bonchev–Trinajstić information content (AvgIpc) is 0.835. The lowest BCUT2D eigenvalue weighted by Gasteiger charge is -2.09. The highest BCUT2D eigenvalue weighted by molar-refractivity contribution is 5.77. The first-order valence-corrected chi connectivity index (χ1v) is 39.7. The van der Waals surface area contributed by atoms with Crippen molar-refractivity contribution in [1.82, 2.24) is 0 Å². The van der Waals surface area contributed by atoms with E-state index in [1.807, 2.05) is 30.3 Å². The van der Waals surface area contributed by atoms with Crippen molar-refractivity contribution in [3.63, 3.8) is 0 Å². The molecule has 560 valence electrons. The molecule has 0 aliphatic heterocycles. The molecule has 0 N–H and O–H groups in total. The van der Waals surface area contributed by atoms with Gasteiger partial charge in [-0.2, -0.15) is 0 Å². The number of hydrogen-bond donors (Lipinski definition) is 0. The summed E-state index contributed by atoms with van der Waals surface area (Å²) >= 11 is 0. The Kier molecular flexibility index (Phi) is 29.7. The van der Waals surface area contributed by atoms with Gasteiger partial charge in [0.1, 0.15) is 0 Å². The molecule has 0 heteroatoms. The molecule has 18 aromatic rings. The molecule has 115 heavy (non-hydrogen) atoms. The van der Waals surface area contributed by atoms with E-state index in [9.17, 15) is 0 Å². The standard InChI is InChI=1S/4C19H16.3C13H12/c1-15-12-18(16-8-4-2-5-9-16)14-19(13-15)17-10-6-3-7-11-17;1-15-14-18(16-8-4-2-5-9-16)12-13-19(15)17-10-6-3-7-11-17;1-15-6-5-9-19(14-15)18-12-10-17(11-13-18)16-7-3-2-4-8-16;1-15-7-9-17(10-8-15)19-13-11-18(12-14-19)16-5-3-2-4-6-16;1-11-7-5-6-10-13(11)12-8-3-2-4-9-12;1-11-6-5-9-13(10-11)12-7-3-2-4-8-12;1-11-7-9-13(10-8-11)12-5-3-2-4-6-12/h4*2-14H,1H3;3*2-10H,1H3. The molecule has 0 amide bonds. The highest BCUT2D eigenvalue weighted by Gasteiger charge is 2.08. The second-order valence-electron chi connectivity index (χ2n) is 28.9. The Morgan fingerprint density at radius 1 is 0.0957 bits per heavy atom. The van der Waals surface area contributed by atoms with E-state index in [1.165, 1.54) is 161 Å². The molecule has 18 rings (SSSR count). The maximum absolute atomic E-state index is 2.26. The van der Waals surface area contributed by atoms with E-state index in [-0.39, 0.29) is 0 Å². The molecule has 0 fully saturated rings. The zero-order valence-corrected chi connectivity index (χ0v) is 67.1. The minimum absolute atomic E-state index is 1.26. The van der Waals surface area contributed by atoms with Gasteiger partial charge in [-0.25, -0.2) is 0 Å². The van der Waals surface area contributed by atoms with Crippen LogP contribution in [0, 0.1) is 48.5 Å². The molecule has 0 aliphatic rings. The molecule has 0 heterocycles. The first-order valence-electron chi connectivity index (χ1n) is 39.7. The molecule has 0 aromatic heterocycles. The quantitative estimate of drug-likeness (QED) is 0.121. The Hall–Kier alpha value is -14.0. The minimum Gasteiger partial charge on any atom is -0.0622 e. The molecule has 0 unspecified atom stereocenters. The van der Waals surface area contributed by atoms with E-state index in [4.69, 9.17) is 0 Å². The van der Waals surface area contributed by atoms with E-state index >= 15 is 0 Å². The van der Waals surface area contributed by atoms with Gasteiger partial charge in [-0.1, -0.05) is 495 Å². The van der Waals surface area contributed by atoms with Crippen molar-refractivity contribution >= 4 is 0 Å². The summed E-state index contributed by atoms with van der Waals surface area (Å²) in [6, 6.07) is 168. The van der Waals surface area contributed by atoms with Crippen LogP contribution >= 0.6 is 0 Å². The Labute approximate surface area is 684 Å². The largest absolute Gasteiger partial charge is 0.0622 e. The topological polar surface area (TPSA) is 0 Å². The monoisotopic (exact) mass is 1480 g/mol. The van der Waals surface area contributed by atoms with E-state index in [0.29, 0.717) is 0 Å². The van der Waals surface area contributed by atoms with Crippen LogP contribution in [0.5, 0.6) is 0 Å². The van der Waals surface area contributed by atoms with E-state index < -0.39 is 0 Å². The molecule has 0 spiro atoms. The summed E-state index contributed by atoms with van der Waals surface area (Å²) in [6.07, 6.45) is 0. The molecule has 0 nitrogen and oxygen atoms in total. The van der Waals surface area contributed by atoms with Crippen LogP contribution in [0.1, 0.15) is 38.9 Å². The first-order chi connectivity index (χ1) is 56.4. The molecule has 0 atom stereocenters. The summed E-state index contributed by atoms with van der Waals surface area (Å²) in [6.45, 7) is 14.9. The molecule has 0 bridgehead atoms. The van der Waals surface area contributed by atoms with Crippen LogP contribution in [0.25, 0.3) is 122 Å². The SMILES string of the molecule is Cc1cc(-c2ccccc2)cc(-c2ccccc2)c1.Cc1cc(-c2ccccc2)ccc1-c1ccccc1.Cc1ccc(-c2ccc(-c3ccccc3)cc2)cc1.Cc1ccc(-c2ccccc2)cc1.Cc1cccc(-c2ccc(-c3ccccc3)cc2)c1.Cc1cccc(-c2ccccc2)c1.Cc1ccccc1-c1ccccc1. The summed E-state index contributed by atoms with van der Waals surface area (Å²) in [5.74, 6) is 0. The van der Waals surface area contributed by atoms with Crippen LogP contribution in [0.4, 0.5) is 0 Å². The van der Waals surface area contributed by atoms with Crippen LogP contribution in [0.2, 0.25) is 0 Å². The Morgan fingerprint density at radius 3 is 0.583 bits per heavy atom. The highest BCUT2D eigenvalue weighted by atomic mass is 14.1. The lowest BCUT2D eigenvalue weighted by molar-refractivity contribution is 1.45. The second kappa shape index (κ2) is 42.4. The van der Waals surface area contributed by atoms with Crippen molar-refractivity contribution in [3.8, 4) is 122 Å². The fourth-order valence-corrected chi connectivity index (χ4v) is 13.7. The first kappa shape index (κ1) is 80.5. The van der Waals surface area contributed by atoms with Crippen molar-refractivity contribution in [2.24, 2.45) is 0 Å². The maximum atomic E-state index is 2.26. The van der Waals surface area contributed by atoms with Crippen LogP contribution in [-0.4, -0.2) is 0 Å². The van der Waals surface area contributed by atoms with Crippen molar-refractivity contribution in [2.75, 3.05) is 0 Å². The van der Waals surface area contributed by atoms with Crippen molar-refractivity contribution in [3.05, 3.63) is 518 Å². The fourth-order valence-electron chi connectivity index (χ4n) is 13.7. The summed E-state index contributed by atoms with van der Waals surface area (Å²) in [5.41, 5.74) is 37.2. The van der Waals surface area contributed by atoms with Crippen LogP contribution in [0.15, 0.2) is 479 Å². The van der Waals surface area contributed by atoms with Gasteiger partial charge in [0.05, 0.1) is 0 Å². The maximum Gasteiger partial charge on any atom is -0.0154 e. The molecule has 0 aliphatic carbocycles. The number of benzene rings is 18. The van der Waals surface area contributed by atoms with Crippen molar-refractivity contribution in [1.29, 1.82) is 0 Å². The third-order valence-corrected chi connectivity index (χ3v) is 19.9. The van der Waals surface area contributed by atoms with Crippen molar-refractivity contribution < 1.29 is 0 Å². The second-order valence-corrected chi connectivity index (χ2v) is 28.9. The summed E-state index contributed by atoms with van der Waals surface area (Å²) in [4.78, 5) is 0. The van der Waals surface area contributed by atoms with Gasteiger partial charge in [0, 0.05) is 0 Å². The molecule has 0 radical (unpaired) electrons. The molecule has 0 saturated heterocycles. The zero-order valence-electron chi connectivity index (χ0n) is 67.1. The lowest BCUT2D eigenvalue weighted by Crippen LogP contribution is -1.85. The number of rotatable bonds is 11. The van der Waals surface area contributed by atoms with Gasteiger partial charge in [-0.05, 0) is 194 Å². The molecular weight excluding hydrogens is 1380 g/mol. The average molecular weight is 1480 g/mol. The van der Waals surface area contributed by atoms with E-state index in [2.05, 4.69) is 497 Å². The van der Waals surface area contributed by atoms with Gasteiger partial charge in [0.25, 0.3) is 0 Å².